The van der Waals surface area contributed by atoms with Crippen LogP contribution in [0.25, 0.3) is 0 Å². The average molecular weight is 396 g/mol. The van der Waals surface area contributed by atoms with Crippen molar-refractivity contribution in [3.8, 4) is 5.75 Å². The molecule has 0 atom stereocenters. The molecule has 0 saturated carbocycles. The molecule has 1 aliphatic heterocycles. The topological polar surface area (TPSA) is 61.9 Å². The van der Waals surface area contributed by atoms with Gasteiger partial charge >= 0.3 is 0 Å². The summed E-state index contributed by atoms with van der Waals surface area (Å²) in [5.41, 5.74) is 4.25. The summed E-state index contributed by atoms with van der Waals surface area (Å²) in [7, 11) is 1.60. The molecule has 0 bridgehead atoms. The second-order valence-electron chi connectivity index (χ2n) is 7.34. The van der Waals surface area contributed by atoms with Crippen LogP contribution in [-0.2, 0) is 16.0 Å². The molecule has 2 amide bonds. The maximum absolute atomic E-state index is 12.5. The van der Waals surface area contributed by atoms with Gasteiger partial charge in [-0.2, -0.15) is 0 Å². The van der Waals surface area contributed by atoms with E-state index in [2.05, 4.69) is 29.3 Å². The first-order valence-corrected chi connectivity index (χ1v) is 10.1. The van der Waals surface area contributed by atoms with Crippen LogP contribution >= 0.6 is 0 Å². The monoisotopic (exact) mass is 395 g/mol. The Morgan fingerprint density at radius 2 is 1.90 bits per heavy atom. The van der Waals surface area contributed by atoms with E-state index in [9.17, 15) is 9.59 Å². The third-order valence-electron chi connectivity index (χ3n) is 5.40. The number of aryl methyl sites for hydroxylation is 2. The van der Waals surface area contributed by atoms with Crippen molar-refractivity contribution in [2.24, 2.45) is 0 Å². The first-order chi connectivity index (χ1) is 14.1. The predicted molar refractivity (Wildman–Crippen MR) is 116 cm³/mol. The summed E-state index contributed by atoms with van der Waals surface area (Å²) >= 11 is 0. The van der Waals surface area contributed by atoms with Crippen LogP contribution in [0.1, 0.15) is 24.0 Å². The molecule has 1 fully saturated rings. The van der Waals surface area contributed by atoms with E-state index in [4.69, 9.17) is 4.74 Å². The van der Waals surface area contributed by atoms with Gasteiger partial charge in [-0.25, -0.2) is 0 Å². The maximum atomic E-state index is 12.5. The number of hydrogen-bond donors (Lipinski definition) is 1. The molecule has 1 heterocycles. The molecular formula is C23H29N3O3. The van der Waals surface area contributed by atoms with Gasteiger partial charge in [0, 0.05) is 38.3 Å². The number of methoxy groups -OCH3 is 1. The molecule has 2 aromatic carbocycles. The smallest absolute Gasteiger partial charge is 0.224 e. The highest BCUT2D eigenvalue weighted by Crippen LogP contribution is 2.30. The first kappa shape index (κ1) is 20.7. The molecule has 3 rings (SSSR count). The van der Waals surface area contributed by atoms with Crippen LogP contribution in [0.15, 0.2) is 42.5 Å². The van der Waals surface area contributed by atoms with E-state index in [0.717, 1.165) is 38.0 Å². The third kappa shape index (κ3) is 5.50. The number of nitrogens with zero attached hydrogens (tertiary/aromatic N) is 2. The molecule has 6 nitrogen and oxygen atoms in total. The van der Waals surface area contributed by atoms with Crippen LogP contribution in [0.3, 0.4) is 0 Å². The highest BCUT2D eigenvalue weighted by Gasteiger charge is 2.17. The van der Waals surface area contributed by atoms with E-state index in [0.29, 0.717) is 30.9 Å². The van der Waals surface area contributed by atoms with Crippen LogP contribution in [-0.4, -0.2) is 50.5 Å². The normalized spacial score (nSPS) is 13.9. The van der Waals surface area contributed by atoms with Gasteiger partial charge in [0.1, 0.15) is 5.75 Å². The van der Waals surface area contributed by atoms with Crippen molar-refractivity contribution in [1.29, 1.82) is 0 Å². The van der Waals surface area contributed by atoms with E-state index in [1.54, 1.807) is 12.0 Å². The van der Waals surface area contributed by atoms with Crippen molar-refractivity contribution in [3.63, 3.8) is 0 Å². The van der Waals surface area contributed by atoms with Crippen LogP contribution in [0.4, 0.5) is 11.4 Å². The second kappa shape index (κ2) is 9.96. The predicted octanol–water partition coefficient (Wildman–Crippen LogP) is 3.24. The molecule has 29 heavy (non-hydrogen) atoms. The van der Waals surface area contributed by atoms with Crippen LogP contribution < -0.4 is 15.0 Å². The number of anilines is 2. The lowest BCUT2D eigenvalue weighted by Crippen LogP contribution is -2.45. The Labute approximate surface area is 172 Å². The summed E-state index contributed by atoms with van der Waals surface area (Å²) in [4.78, 5) is 27.4. The van der Waals surface area contributed by atoms with E-state index in [-0.39, 0.29) is 5.91 Å². The fourth-order valence-electron chi connectivity index (χ4n) is 3.62. The third-order valence-corrected chi connectivity index (χ3v) is 5.40. The molecule has 1 N–H and O–H groups in total. The van der Waals surface area contributed by atoms with E-state index < -0.39 is 0 Å². The standard InChI is InChI=1S/C23H29N3O3/c1-18-6-3-4-7-19(18)8-5-9-23(28)24-21-16-20(10-11-22(21)29-2)26-14-12-25(17-27)13-15-26/h3-4,6-7,10-11,16-17H,5,8-9,12-15H2,1-2H3,(H,24,28). The Hall–Kier alpha value is -3.02. The molecule has 6 heteroatoms. The number of carbonyl (C=O) groups is 2. The number of rotatable bonds is 8. The number of piperazine rings is 1. The zero-order chi connectivity index (χ0) is 20.6. The Kier molecular flexibility index (Phi) is 7.11. The molecule has 0 spiro atoms. The number of nitrogens with one attached hydrogen (secondary N) is 1. The minimum absolute atomic E-state index is 0.0141. The highest BCUT2D eigenvalue weighted by atomic mass is 16.5. The van der Waals surface area contributed by atoms with Crippen LogP contribution in [0, 0.1) is 6.92 Å². The Morgan fingerprint density at radius 3 is 2.59 bits per heavy atom. The zero-order valence-electron chi connectivity index (χ0n) is 17.2. The maximum Gasteiger partial charge on any atom is 0.224 e. The molecule has 1 aliphatic rings. The largest absolute Gasteiger partial charge is 0.495 e. The average Bonchev–Trinajstić information content (AvgIpc) is 2.75. The highest BCUT2D eigenvalue weighted by molar-refractivity contribution is 5.93. The lowest BCUT2D eigenvalue weighted by atomic mass is 10.0. The summed E-state index contributed by atoms with van der Waals surface area (Å²) in [5.74, 6) is 0.632. The zero-order valence-corrected chi connectivity index (χ0v) is 17.2. The van der Waals surface area contributed by atoms with Gasteiger partial charge in [-0.15, -0.1) is 0 Å². The van der Waals surface area contributed by atoms with Gasteiger partial charge in [0.25, 0.3) is 0 Å². The minimum Gasteiger partial charge on any atom is -0.495 e. The van der Waals surface area contributed by atoms with Gasteiger partial charge in [-0.3, -0.25) is 9.59 Å². The van der Waals surface area contributed by atoms with E-state index in [1.165, 1.54) is 11.1 Å². The number of ether oxygens (including phenoxy) is 1. The molecule has 0 radical (unpaired) electrons. The number of hydrogen-bond acceptors (Lipinski definition) is 4. The van der Waals surface area contributed by atoms with Crippen molar-refractivity contribution in [3.05, 3.63) is 53.6 Å². The fraction of sp³-hybridized carbons (Fsp3) is 0.391. The molecule has 0 aromatic heterocycles. The number of carbonyl (C=O) groups excluding carboxylic acids is 2. The summed E-state index contributed by atoms with van der Waals surface area (Å²) in [6.07, 6.45) is 3.04. The fourth-order valence-corrected chi connectivity index (χ4v) is 3.62. The van der Waals surface area contributed by atoms with E-state index in [1.807, 2.05) is 30.3 Å². The molecule has 1 saturated heterocycles. The Bertz CT molecular complexity index is 845. The first-order valence-electron chi connectivity index (χ1n) is 10.1. The lowest BCUT2D eigenvalue weighted by Gasteiger charge is -2.34. The van der Waals surface area contributed by atoms with Gasteiger partial charge < -0.3 is 19.9 Å². The number of benzene rings is 2. The molecule has 2 aromatic rings. The molecule has 0 unspecified atom stereocenters. The van der Waals surface area contributed by atoms with Crippen molar-refractivity contribution in [2.75, 3.05) is 43.5 Å². The van der Waals surface area contributed by atoms with Crippen LogP contribution in [0.5, 0.6) is 5.75 Å². The summed E-state index contributed by atoms with van der Waals surface area (Å²) in [6.45, 7) is 5.05. The summed E-state index contributed by atoms with van der Waals surface area (Å²) in [6, 6.07) is 14.1. The molecular weight excluding hydrogens is 366 g/mol. The quantitative estimate of drug-likeness (QED) is 0.697. The van der Waals surface area contributed by atoms with Gasteiger partial charge in [-0.05, 0) is 49.1 Å². The van der Waals surface area contributed by atoms with Gasteiger partial charge in [-0.1, -0.05) is 24.3 Å². The SMILES string of the molecule is COc1ccc(N2CCN(C=O)CC2)cc1NC(=O)CCCc1ccccc1C. The Balaban J connectivity index is 1.59. The second-order valence-corrected chi connectivity index (χ2v) is 7.34. The van der Waals surface area contributed by atoms with Gasteiger partial charge in [0.05, 0.1) is 12.8 Å². The summed E-state index contributed by atoms with van der Waals surface area (Å²) < 4.78 is 5.42. The van der Waals surface area contributed by atoms with Crippen molar-refractivity contribution < 1.29 is 14.3 Å². The minimum atomic E-state index is -0.0141. The Morgan fingerprint density at radius 1 is 1.14 bits per heavy atom. The van der Waals surface area contributed by atoms with E-state index >= 15 is 0 Å². The van der Waals surface area contributed by atoms with Crippen LogP contribution in [0.2, 0.25) is 0 Å². The lowest BCUT2D eigenvalue weighted by molar-refractivity contribution is -0.118. The summed E-state index contributed by atoms with van der Waals surface area (Å²) in [5, 5.41) is 3.00. The van der Waals surface area contributed by atoms with Crippen molar-refractivity contribution >= 4 is 23.7 Å². The van der Waals surface area contributed by atoms with Gasteiger partial charge in [0.2, 0.25) is 12.3 Å². The van der Waals surface area contributed by atoms with Gasteiger partial charge in [0.15, 0.2) is 0 Å². The molecule has 154 valence electrons. The molecule has 0 aliphatic carbocycles. The van der Waals surface area contributed by atoms with Crippen molar-refractivity contribution in [2.45, 2.75) is 26.2 Å². The number of amides is 2. The van der Waals surface area contributed by atoms with Crippen molar-refractivity contribution in [1.82, 2.24) is 4.90 Å².